The zero-order valence-corrected chi connectivity index (χ0v) is 17.6. The van der Waals surface area contributed by atoms with Crippen LogP contribution in [0.2, 0.25) is 0 Å². The highest BCUT2D eigenvalue weighted by molar-refractivity contribution is 5.98. The van der Waals surface area contributed by atoms with Crippen LogP contribution in [0, 0.1) is 0 Å². The van der Waals surface area contributed by atoms with Crippen LogP contribution in [0.1, 0.15) is 29.8 Å². The van der Waals surface area contributed by atoms with E-state index in [4.69, 9.17) is 5.73 Å². The normalized spacial score (nSPS) is 17.2. The van der Waals surface area contributed by atoms with Gasteiger partial charge in [-0.15, -0.1) is 0 Å². The highest BCUT2D eigenvalue weighted by Gasteiger charge is 2.45. The van der Waals surface area contributed by atoms with Crippen LogP contribution in [0.3, 0.4) is 0 Å². The summed E-state index contributed by atoms with van der Waals surface area (Å²) in [5, 5.41) is 3.31. The van der Waals surface area contributed by atoms with Crippen molar-refractivity contribution < 1.29 is 13.6 Å². The van der Waals surface area contributed by atoms with Crippen molar-refractivity contribution in [3.63, 3.8) is 0 Å². The molecule has 33 heavy (non-hydrogen) atoms. The second kappa shape index (κ2) is 8.20. The van der Waals surface area contributed by atoms with Crippen molar-refractivity contribution in [3.8, 4) is 22.5 Å². The summed E-state index contributed by atoms with van der Waals surface area (Å²) in [5.74, 6) is -3.82. The van der Waals surface area contributed by atoms with Crippen molar-refractivity contribution in [2.75, 3.05) is 5.73 Å². The van der Waals surface area contributed by atoms with Gasteiger partial charge in [0.1, 0.15) is 0 Å². The number of alkyl halides is 2. The fourth-order valence-electron chi connectivity index (χ4n) is 4.17. The van der Waals surface area contributed by atoms with Crippen molar-refractivity contribution >= 4 is 22.6 Å². The second-order valence-electron chi connectivity index (χ2n) is 8.11. The van der Waals surface area contributed by atoms with Gasteiger partial charge in [-0.3, -0.25) is 9.78 Å². The summed E-state index contributed by atoms with van der Waals surface area (Å²) in [6.07, 6.45) is 2.02. The van der Waals surface area contributed by atoms with E-state index in [0.29, 0.717) is 23.4 Å². The molecule has 0 radical (unpaired) electrons. The minimum Gasteiger partial charge on any atom is -0.382 e. The van der Waals surface area contributed by atoms with Gasteiger partial charge in [-0.2, -0.15) is 0 Å². The Hall–Kier alpha value is -3.94. The minimum atomic E-state index is -2.95. The van der Waals surface area contributed by atoms with Gasteiger partial charge < -0.3 is 11.1 Å². The predicted octanol–water partition coefficient (Wildman–Crippen LogP) is 4.86. The molecule has 1 fully saturated rings. The Morgan fingerprint density at radius 1 is 1.00 bits per heavy atom. The highest BCUT2D eigenvalue weighted by atomic mass is 19.3. The van der Waals surface area contributed by atoms with Gasteiger partial charge in [-0.25, -0.2) is 18.7 Å². The molecule has 1 unspecified atom stereocenters. The number of aromatic nitrogens is 3. The summed E-state index contributed by atoms with van der Waals surface area (Å²) in [4.78, 5) is 26.3. The van der Waals surface area contributed by atoms with E-state index >= 15 is 0 Å². The maximum atomic E-state index is 14.1. The van der Waals surface area contributed by atoms with E-state index in [2.05, 4.69) is 20.3 Å². The largest absolute Gasteiger partial charge is 0.382 e. The van der Waals surface area contributed by atoms with Gasteiger partial charge in [-0.05, 0) is 31.0 Å². The Labute approximate surface area is 188 Å². The summed E-state index contributed by atoms with van der Waals surface area (Å²) in [6.45, 7) is 0. The lowest BCUT2D eigenvalue weighted by atomic mass is 10.0. The van der Waals surface area contributed by atoms with Gasteiger partial charge >= 0.3 is 0 Å². The smallest absolute Gasteiger partial charge is 0.274 e. The first-order chi connectivity index (χ1) is 15.9. The Kier molecular flexibility index (Phi) is 5.20. The number of anilines is 1. The van der Waals surface area contributed by atoms with Crippen LogP contribution in [0.25, 0.3) is 33.4 Å². The standard InChI is InChI=1S/C25H21F2N5O/c26-25(27)12-4-9-19(25)30-24(33)22-23(28)32-20(15-6-2-1-3-7-15)21(31-22)17-10-11-18-16(14-17)8-5-13-29-18/h1-3,5-8,10-11,13-14,19H,4,9,12H2,(H2,28,32)(H,30,33). The summed E-state index contributed by atoms with van der Waals surface area (Å²) >= 11 is 0. The summed E-state index contributed by atoms with van der Waals surface area (Å²) in [6, 6.07) is 17.5. The summed E-state index contributed by atoms with van der Waals surface area (Å²) in [7, 11) is 0. The first-order valence-electron chi connectivity index (χ1n) is 10.7. The number of carbonyl (C=O) groups excluding carboxylic acids is 1. The van der Waals surface area contributed by atoms with Gasteiger partial charge in [0.15, 0.2) is 11.5 Å². The lowest BCUT2D eigenvalue weighted by Gasteiger charge is -2.20. The lowest BCUT2D eigenvalue weighted by molar-refractivity contribution is -0.0165. The van der Waals surface area contributed by atoms with E-state index in [1.165, 1.54) is 0 Å². The average Bonchev–Trinajstić information content (AvgIpc) is 3.16. The first kappa shape index (κ1) is 20.9. The molecule has 2 aromatic heterocycles. The molecule has 0 spiro atoms. The Morgan fingerprint density at radius 3 is 2.55 bits per heavy atom. The van der Waals surface area contributed by atoms with E-state index < -0.39 is 17.9 Å². The van der Waals surface area contributed by atoms with Crippen LogP contribution in [0.4, 0.5) is 14.6 Å². The SMILES string of the molecule is Nc1nc(-c2ccccc2)c(-c2ccc3ncccc3c2)nc1C(=O)NC1CCCC1(F)F. The van der Waals surface area contributed by atoms with E-state index in [0.717, 1.165) is 16.5 Å². The third kappa shape index (κ3) is 4.00. The van der Waals surface area contributed by atoms with Crippen LogP contribution in [-0.4, -0.2) is 32.8 Å². The Bertz CT molecular complexity index is 1340. The van der Waals surface area contributed by atoms with Crippen molar-refractivity contribution in [1.29, 1.82) is 0 Å². The molecule has 4 aromatic rings. The van der Waals surface area contributed by atoms with Crippen LogP contribution >= 0.6 is 0 Å². The molecular formula is C25H21F2N5O. The van der Waals surface area contributed by atoms with Crippen LogP contribution in [0.15, 0.2) is 66.9 Å². The van der Waals surface area contributed by atoms with Crippen LogP contribution in [0.5, 0.6) is 0 Å². The molecule has 6 nitrogen and oxygen atoms in total. The van der Waals surface area contributed by atoms with Gasteiger partial charge in [0.25, 0.3) is 11.8 Å². The van der Waals surface area contributed by atoms with E-state index in [1.807, 2.05) is 60.7 Å². The summed E-state index contributed by atoms with van der Waals surface area (Å²) < 4.78 is 28.2. The molecule has 166 valence electrons. The number of nitrogens with two attached hydrogens (primary N) is 1. The van der Waals surface area contributed by atoms with Crippen molar-refractivity contribution in [2.45, 2.75) is 31.2 Å². The maximum absolute atomic E-state index is 14.1. The molecule has 1 aliphatic rings. The minimum absolute atomic E-state index is 0.112. The molecule has 0 bridgehead atoms. The number of carbonyl (C=O) groups is 1. The molecule has 2 aromatic carbocycles. The maximum Gasteiger partial charge on any atom is 0.274 e. The number of hydrogen-bond donors (Lipinski definition) is 2. The average molecular weight is 445 g/mol. The fraction of sp³-hybridized carbons (Fsp3) is 0.200. The molecule has 0 aliphatic heterocycles. The number of nitrogens with one attached hydrogen (secondary N) is 1. The zero-order valence-electron chi connectivity index (χ0n) is 17.6. The van der Waals surface area contributed by atoms with E-state index in [9.17, 15) is 13.6 Å². The number of amides is 1. The number of nitrogens with zero attached hydrogens (tertiary/aromatic N) is 3. The van der Waals surface area contributed by atoms with Gasteiger partial charge in [-0.1, -0.05) is 42.5 Å². The van der Waals surface area contributed by atoms with Crippen molar-refractivity contribution in [3.05, 3.63) is 72.6 Å². The van der Waals surface area contributed by atoms with Gasteiger partial charge in [0, 0.05) is 29.1 Å². The lowest BCUT2D eigenvalue weighted by Crippen LogP contribution is -2.44. The van der Waals surface area contributed by atoms with Crippen molar-refractivity contribution in [2.24, 2.45) is 0 Å². The molecule has 1 atom stereocenters. The van der Waals surface area contributed by atoms with E-state index in [-0.39, 0.29) is 24.4 Å². The topological polar surface area (TPSA) is 93.8 Å². The third-order valence-electron chi connectivity index (χ3n) is 5.88. The highest BCUT2D eigenvalue weighted by Crippen LogP contribution is 2.36. The van der Waals surface area contributed by atoms with Gasteiger partial charge in [0.05, 0.1) is 22.9 Å². The fourth-order valence-corrected chi connectivity index (χ4v) is 4.17. The second-order valence-corrected chi connectivity index (χ2v) is 8.11. The molecule has 3 N–H and O–H groups in total. The third-order valence-corrected chi connectivity index (χ3v) is 5.88. The molecular weight excluding hydrogens is 424 g/mol. The monoisotopic (exact) mass is 445 g/mol. The van der Waals surface area contributed by atoms with Gasteiger partial charge in [0.2, 0.25) is 0 Å². The quantitative estimate of drug-likeness (QED) is 0.468. The van der Waals surface area contributed by atoms with Crippen molar-refractivity contribution in [1.82, 2.24) is 20.3 Å². The number of pyridine rings is 1. The number of rotatable bonds is 4. The Balaban J connectivity index is 1.62. The van der Waals surface area contributed by atoms with Crippen LogP contribution in [-0.2, 0) is 0 Å². The number of nitrogen functional groups attached to an aromatic ring is 1. The number of benzene rings is 2. The number of fused-ring (bicyclic) bond motifs is 1. The molecule has 8 heteroatoms. The number of hydrogen-bond acceptors (Lipinski definition) is 5. The molecule has 5 rings (SSSR count). The molecule has 0 saturated heterocycles. The van der Waals surface area contributed by atoms with E-state index in [1.54, 1.807) is 6.20 Å². The predicted molar refractivity (Wildman–Crippen MR) is 123 cm³/mol. The number of halogens is 2. The molecule has 2 heterocycles. The zero-order chi connectivity index (χ0) is 23.0. The summed E-state index contributed by atoms with van der Waals surface area (Å²) in [5.41, 5.74) is 9.17. The first-order valence-corrected chi connectivity index (χ1v) is 10.7. The molecule has 1 saturated carbocycles. The molecule has 1 aliphatic carbocycles. The Morgan fingerprint density at radius 2 is 1.79 bits per heavy atom. The van der Waals surface area contributed by atoms with Crippen LogP contribution < -0.4 is 11.1 Å². The molecule has 1 amide bonds.